The third-order valence-electron chi connectivity index (χ3n) is 2.60. The second-order valence-electron chi connectivity index (χ2n) is 3.90. The summed E-state index contributed by atoms with van der Waals surface area (Å²) in [6.07, 6.45) is 2.01. The molecule has 3 heteroatoms. The maximum absolute atomic E-state index is 5.49. The second kappa shape index (κ2) is 9.02. The molecule has 1 rings (SSSR count). The van der Waals surface area contributed by atoms with Gasteiger partial charge in [0.1, 0.15) is 0 Å². The van der Waals surface area contributed by atoms with Gasteiger partial charge in [0.15, 0.2) is 0 Å². The van der Waals surface area contributed by atoms with Gasteiger partial charge in [0.05, 0.1) is 6.61 Å². The SMILES string of the molecule is CCc1ccccc1NCCOCCCOC. The Labute approximate surface area is 104 Å². The van der Waals surface area contributed by atoms with Gasteiger partial charge in [-0.3, -0.25) is 0 Å². The molecule has 0 fully saturated rings. The van der Waals surface area contributed by atoms with Gasteiger partial charge in [-0.1, -0.05) is 25.1 Å². The molecule has 0 radical (unpaired) electrons. The first kappa shape index (κ1) is 14.0. The molecule has 0 aromatic heterocycles. The molecule has 0 bridgehead atoms. The Kier molecular flexibility index (Phi) is 7.43. The minimum absolute atomic E-state index is 0.738. The van der Waals surface area contributed by atoms with Gasteiger partial charge in [-0.2, -0.15) is 0 Å². The van der Waals surface area contributed by atoms with Crippen LogP contribution >= 0.6 is 0 Å². The van der Waals surface area contributed by atoms with Crippen molar-refractivity contribution in [2.45, 2.75) is 19.8 Å². The zero-order valence-corrected chi connectivity index (χ0v) is 10.9. The maximum atomic E-state index is 5.49. The van der Waals surface area contributed by atoms with E-state index in [0.717, 1.165) is 39.2 Å². The number of benzene rings is 1. The van der Waals surface area contributed by atoms with Crippen molar-refractivity contribution in [3.8, 4) is 0 Å². The van der Waals surface area contributed by atoms with Crippen molar-refractivity contribution in [1.29, 1.82) is 0 Å². The third kappa shape index (κ3) is 5.71. The quantitative estimate of drug-likeness (QED) is 0.670. The number of anilines is 1. The lowest BCUT2D eigenvalue weighted by molar-refractivity contribution is 0.109. The fourth-order valence-electron chi connectivity index (χ4n) is 1.67. The van der Waals surface area contributed by atoms with Crippen LogP contribution in [0.1, 0.15) is 18.9 Å². The van der Waals surface area contributed by atoms with Crippen LogP contribution in [-0.4, -0.2) is 33.5 Å². The number of aryl methyl sites for hydroxylation is 1. The molecule has 1 aromatic rings. The highest BCUT2D eigenvalue weighted by Gasteiger charge is 1.97. The van der Waals surface area contributed by atoms with Crippen molar-refractivity contribution in [2.24, 2.45) is 0 Å². The van der Waals surface area contributed by atoms with Gasteiger partial charge in [0.2, 0.25) is 0 Å². The van der Waals surface area contributed by atoms with Gasteiger partial charge in [-0.25, -0.2) is 0 Å². The van der Waals surface area contributed by atoms with Gasteiger partial charge < -0.3 is 14.8 Å². The van der Waals surface area contributed by atoms with E-state index in [0.29, 0.717) is 0 Å². The predicted octanol–water partition coefficient (Wildman–Crippen LogP) is 2.71. The van der Waals surface area contributed by atoms with Crippen molar-refractivity contribution >= 4 is 5.69 Å². The molecule has 0 spiro atoms. The normalized spacial score (nSPS) is 10.5. The van der Waals surface area contributed by atoms with Crippen LogP contribution < -0.4 is 5.32 Å². The summed E-state index contributed by atoms with van der Waals surface area (Å²) >= 11 is 0. The maximum Gasteiger partial charge on any atom is 0.0639 e. The van der Waals surface area contributed by atoms with Gasteiger partial charge in [0, 0.05) is 32.6 Å². The van der Waals surface area contributed by atoms with Crippen LogP contribution in [0, 0.1) is 0 Å². The van der Waals surface area contributed by atoms with E-state index in [4.69, 9.17) is 9.47 Å². The lowest BCUT2D eigenvalue weighted by atomic mass is 10.1. The number of rotatable bonds is 9. The zero-order valence-electron chi connectivity index (χ0n) is 10.9. The molecule has 96 valence electrons. The largest absolute Gasteiger partial charge is 0.385 e. The van der Waals surface area contributed by atoms with E-state index in [1.54, 1.807) is 7.11 Å². The molecular formula is C14H23NO2. The number of hydrogen-bond acceptors (Lipinski definition) is 3. The fourth-order valence-corrected chi connectivity index (χ4v) is 1.67. The summed E-state index contributed by atoms with van der Waals surface area (Å²) in [5.74, 6) is 0. The van der Waals surface area contributed by atoms with Crippen LogP contribution in [0.4, 0.5) is 5.69 Å². The first-order valence-electron chi connectivity index (χ1n) is 6.27. The van der Waals surface area contributed by atoms with Crippen molar-refractivity contribution in [3.63, 3.8) is 0 Å². The summed E-state index contributed by atoms with van der Waals surface area (Å²) in [6, 6.07) is 8.40. The molecule has 0 saturated carbocycles. The number of ether oxygens (including phenoxy) is 2. The van der Waals surface area contributed by atoms with E-state index in [1.807, 2.05) is 0 Å². The lowest BCUT2D eigenvalue weighted by Gasteiger charge is -2.10. The minimum Gasteiger partial charge on any atom is -0.385 e. The summed E-state index contributed by atoms with van der Waals surface area (Å²) in [5, 5.41) is 3.40. The summed E-state index contributed by atoms with van der Waals surface area (Å²) in [7, 11) is 1.71. The Morgan fingerprint density at radius 2 is 1.94 bits per heavy atom. The Hall–Kier alpha value is -1.06. The van der Waals surface area contributed by atoms with Crippen LogP contribution in [-0.2, 0) is 15.9 Å². The highest BCUT2D eigenvalue weighted by Crippen LogP contribution is 2.14. The van der Waals surface area contributed by atoms with E-state index >= 15 is 0 Å². The Morgan fingerprint density at radius 1 is 1.12 bits per heavy atom. The zero-order chi connectivity index (χ0) is 12.3. The first-order valence-corrected chi connectivity index (χ1v) is 6.27. The van der Waals surface area contributed by atoms with Crippen LogP contribution in [0.25, 0.3) is 0 Å². The number of methoxy groups -OCH3 is 1. The van der Waals surface area contributed by atoms with Crippen molar-refractivity contribution in [1.82, 2.24) is 0 Å². The van der Waals surface area contributed by atoms with E-state index in [1.165, 1.54) is 11.3 Å². The molecule has 0 aliphatic carbocycles. The molecule has 0 saturated heterocycles. The van der Waals surface area contributed by atoms with Crippen LogP contribution in [0.5, 0.6) is 0 Å². The summed E-state index contributed by atoms with van der Waals surface area (Å²) in [5.41, 5.74) is 2.57. The number of para-hydroxylation sites is 1. The summed E-state index contributed by atoms with van der Waals surface area (Å²) < 4.78 is 10.4. The summed E-state index contributed by atoms with van der Waals surface area (Å²) in [6.45, 7) is 5.30. The molecule has 1 N–H and O–H groups in total. The van der Waals surface area contributed by atoms with Crippen LogP contribution in [0.2, 0.25) is 0 Å². The van der Waals surface area contributed by atoms with E-state index in [-0.39, 0.29) is 0 Å². The van der Waals surface area contributed by atoms with Crippen LogP contribution in [0.15, 0.2) is 24.3 Å². The first-order chi connectivity index (χ1) is 8.38. The van der Waals surface area contributed by atoms with Crippen molar-refractivity contribution in [3.05, 3.63) is 29.8 Å². The predicted molar refractivity (Wildman–Crippen MR) is 71.6 cm³/mol. The topological polar surface area (TPSA) is 30.5 Å². The van der Waals surface area contributed by atoms with Crippen molar-refractivity contribution in [2.75, 3.05) is 38.8 Å². The third-order valence-corrected chi connectivity index (χ3v) is 2.60. The van der Waals surface area contributed by atoms with Gasteiger partial charge >= 0.3 is 0 Å². The highest BCUT2D eigenvalue weighted by atomic mass is 16.5. The van der Waals surface area contributed by atoms with E-state index in [9.17, 15) is 0 Å². The lowest BCUT2D eigenvalue weighted by Crippen LogP contribution is -2.11. The molecular weight excluding hydrogens is 214 g/mol. The molecule has 0 atom stereocenters. The number of nitrogens with one attached hydrogen (secondary N) is 1. The molecule has 17 heavy (non-hydrogen) atoms. The van der Waals surface area contributed by atoms with Crippen LogP contribution in [0.3, 0.4) is 0 Å². The summed E-state index contributed by atoms with van der Waals surface area (Å²) in [4.78, 5) is 0. The standard InChI is InChI=1S/C14H23NO2/c1-3-13-7-4-5-8-14(13)15-9-12-17-11-6-10-16-2/h4-5,7-8,15H,3,6,9-12H2,1-2H3. The average Bonchev–Trinajstić information content (AvgIpc) is 2.38. The molecule has 0 amide bonds. The van der Waals surface area contributed by atoms with Gasteiger partial charge in [-0.15, -0.1) is 0 Å². The van der Waals surface area contributed by atoms with Gasteiger partial charge in [-0.05, 0) is 24.5 Å². The molecule has 0 heterocycles. The van der Waals surface area contributed by atoms with E-state index in [2.05, 4.69) is 36.5 Å². The average molecular weight is 237 g/mol. The molecule has 3 nitrogen and oxygen atoms in total. The highest BCUT2D eigenvalue weighted by molar-refractivity contribution is 5.50. The Bertz CT molecular complexity index is 302. The fraction of sp³-hybridized carbons (Fsp3) is 0.571. The molecule has 0 unspecified atom stereocenters. The minimum atomic E-state index is 0.738. The molecule has 1 aromatic carbocycles. The molecule has 0 aliphatic rings. The second-order valence-corrected chi connectivity index (χ2v) is 3.90. The number of hydrogen-bond donors (Lipinski definition) is 1. The van der Waals surface area contributed by atoms with Crippen molar-refractivity contribution < 1.29 is 9.47 Å². The van der Waals surface area contributed by atoms with E-state index < -0.39 is 0 Å². The molecule has 0 aliphatic heterocycles. The Balaban J connectivity index is 2.13. The Morgan fingerprint density at radius 3 is 2.71 bits per heavy atom. The smallest absolute Gasteiger partial charge is 0.0639 e. The van der Waals surface area contributed by atoms with Gasteiger partial charge in [0.25, 0.3) is 0 Å². The monoisotopic (exact) mass is 237 g/mol.